The molecule has 0 saturated carbocycles. The Balaban J connectivity index is 1.55. The Morgan fingerprint density at radius 1 is 1.08 bits per heavy atom. The van der Waals surface area contributed by atoms with Gasteiger partial charge in [-0.1, -0.05) is 35.9 Å². The highest BCUT2D eigenvalue weighted by atomic mass is 35.5. The van der Waals surface area contributed by atoms with Gasteiger partial charge in [-0.05, 0) is 87.7 Å². The predicted octanol–water partition coefficient (Wildman–Crippen LogP) is 6.45. The standard InChI is InChI=1S/C30H36ClFN4O2/c1-21-19-24(10-13-26(21)32)27-20-28(34-15-17-35(18-16-34)29(37)38-30(3,4)5)22(2)36(33-27)14-6-7-23-8-11-25(31)12-9-23/h6-13,19-20,33H,14-18H2,1-5H3. The van der Waals surface area contributed by atoms with Gasteiger partial charge < -0.3 is 14.5 Å². The Morgan fingerprint density at radius 2 is 1.76 bits per heavy atom. The van der Waals surface area contributed by atoms with Crippen LogP contribution < -0.4 is 5.43 Å². The molecule has 0 radical (unpaired) electrons. The first-order chi connectivity index (χ1) is 18.0. The molecule has 1 amide bonds. The monoisotopic (exact) mass is 538 g/mol. The third-order valence-corrected chi connectivity index (χ3v) is 6.77. The molecular weight excluding hydrogens is 503 g/mol. The van der Waals surface area contributed by atoms with Gasteiger partial charge in [-0.25, -0.2) is 9.18 Å². The third-order valence-electron chi connectivity index (χ3n) is 6.52. The van der Waals surface area contributed by atoms with Crippen molar-refractivity contribution in [1.29, 1.82) is 0 Å². The van der Waals surface area contributed by atoms with Crippen LogP contribution in [0.1, 0.15) is 44.4 Å². The second kappa shape index (κ2) is 11.5. The molecule has 0 aromatic heterocycles. The zero-order valence-corrected chi connectivity index (χ0v) is 23.5. The molecule has 0 bridgehead atoms. The van der Waals surface area contributed by atoms with E-state index in [4.69, 9.17) is 16.3 Å². The molecule has 2 aliphatic rings. The third kappa shape index (κ3) is 6.90. The number of hydrogen-bond acceptors (Lipinski definition) is 5. The van der Waals surface area contributed by atoms with Crippen LogP contribution in [-0.4, -0.2) is 59.2 Å². The summed E-state index contributed by atoms with van der Waals surface area (Å²) < 4.78 is 19.6. The molecule has 1 fully saturated rings. The minimum Gasteiger partial charge on any atom is -0.444 e. The van der Waals surface area contributed by atoms with E-state index in [2.05, 4.69) is 40.5 Å². The molecule has 0 unspecified atom stereocenters. The molecule has 2 aromatic carbocycles. The van der Waals surface area contributed by atoms with Crippen LogP contribution in [0.5, 0.6) is 0 Å². The Morgan fingerprint density at radius 3 is 2.39 bits per heavy atom. The Labute approximate surface area is 230 Å². The highest BCUT2D eigenvalue weighted by Crippen LogP contribution is 2.28. The lowest BCUT2D eigenvalue weighted by Gasteiger charge is -2.41. The van der Waals surface area contributed by atoms with Gasteiger partial charge in [-0.2, -0.15) is 0 Å². The molecule has 0 aliphatic carbocycles. The summed E-state index contributed by atoms with van der Waals surface area (Å²) in [6, 6.07) is 12.9. The number of amides is 1. The number of piperazine rings is 1. The maximum absolute atomic E-state index is 14.0. The summed E-state index contributed by atoms with van der Waals surface area (Å²) in [7, 11) is 0. The summed E-state index contributed by atoms with van der Waals surface area (Å²) in [5.74, 6) is -0.224. The molecule has 0 spiro atoms. The molecule has 6 nitrogen and oxygen atoms in total. The van der Waals surface area contributed by atoms with Crippen molar-refractivity contribution in [3.63, 3.8) is 0 Å². The van der Waals surface area contributed by atoms with Crippen molar-refractivity contribution < 1.29 is 13.9 Å². The minimum absolute atomic E-state index is 0.224. The van der Waals surface area contributed by atoms with Gasteiger partial charge in [0.2, 0.25) is 0 Å². The second-order valence-electron chi connectivity index (χ2n) is 10.6. The maximum Gasteiger partial charge on any atom is 0.410 e. The van der Waals surface area contributed by atoms with Gasteiger partial charge in [0.05, 0.1) is 23.6 Å². The number of benzene rings is 2. The van der Waals surface area contributed by atoms with Crippen LogP contribution >= 0.6 is 11.6 Å². The lowest BCUT2D eigenvalue weighted by molar-refractivity contribution is 0.0168. The number of ether oxygens (including phenoxy) is 1. The van der Waals surface area contributed by atoms with Crippen LogP contribution in [0, 0.1) is 12.7 Å². The van der Waals surface area contributed by atoms with Crippen LogP contribution in [0.15, 0.2) is 66.0 Å². The number of aryl methyl sites for hydroxylation is 1. The summed E-state index contributed by atoms with van der Waals surface area (Å²) in [5, 5.41) is 2.80. The molecule has 1 N–H and O–H groups in total. The van der Waals surface area contributed by atoms with Gasteiger partial charge in [0.1, 0.15) is 11.4 Å². The topological polar surface area (TPSA) is 48.1 Å². The molecule has 4 rings (SSSR count). The first kappa shape index (κ1) is 27.6. The average Bonchev–Trinajstić information content (AvgIpc) is 2.87. The number of nitrogens with zero attached hydrogens (tertiary/aromatic N) is 3. The van der Waals surface area contributed by atoms with Crippen molar-refractivity contribution in [2.24, 2.45) is 0 Å². The van der Waals surface area contributed by atoms with E-state index in [1.165, 1.54) is 6.07 Å². The number of allylic oxidation sites excluding steroid dienone is 2. The molecule has 0 atom stereocenters. The van der Waals surface area contributed by atoms with E-state index in [0.717, 1.165) is 28.2 Å². The fraction of sp³-hybridized carbons (Fsp3) is 0.367. The molecule has 8 heteroatoms. The maximum atomic E-state index is 14.0. The largest absolute Gasteiger partial charge is 0.444 e. The molecular formula is C30H36ClFN4O2. The van der Waals surface area contributed by atoms with E-state index in [1.54, 1.807) is 17.9 Å². The van der Waals surface area contributed by atoms with Crippen LogP contribution in [0.2, 0.25) is 5.02 Å². The van der Waals surface area contributed by atoms with Gasteiger partial charge in [-0.3, -0.25) is 10.4 Å². The van der Waals surface area contributed by atoms with Crippen LogP contribution in [0.3, 0.4) is 0 Å². The van der Waals surface area contributed by atoms with Gasteiger partial charge in [0, 0.05) is 31.2 Å². The number of hydrazine groups is 1. The molecule has 2 aliphatic heterocycles. The van der Waals surface area contributed by atoms with Crippen molar-refractivity contribution in [3.05, 3.63) is 93.5 Å². The minimum atomic E-state index is -0.521. The number of carbonyl (C=O) groups is 1. The fourth-order valence-corrected chi connectivity index (χ4v) is 4.55. The molecule has 1 saturated heterocycles. The average molecular weight is 539 g/mol. The van der Waals surface area contributed by atoms with Crippen molar-refractivity contribution in [1.82, 2.24) is 20.2 Å². The molecule has 2 aromatic rings. The van der Waals surface area contributed by atoms with Crippen molar-refractivity contribution in [2.45, 2.75) is 40.2 Å². The van der Waals surface area contributed by atoms with Gasteiger partial charge >= 0.3 is 6.09 Å². The van der Waals surface area contributed by atoms with Crippen LogP contribution in [0.4, 0.5) is 9.18 Å². The van der Waals surface area contributed by atoms with Gasteiger partial charge in [0.25, 0.3) is 0 Å². The first-order valence-electron chi connectivity index (χ1n) is 12.9. The van der Waals surface area contributed by atoms with Crippen LogP contribution in [0.25, 0.3) is 11.8 Å². The molecule has 202 valence electrons. The molecule has 38 heavy (non-hydrogen) atoms. The molecule has 2 heterocycles. The summed E-state index contributed by atoms with van der Waals surface area (Å²) in [5.41, 5.74) is 8.60. The first-order valence-corrected chi connectivity index (χ1v) is 13.3. The SMILES string of the molecule is CC1=C(N2CCN(C(=O)OC(C)(C)C)CC2)C=C(c2ccc(F)c(C)c2)NN1CC=Cc1ccc(Cl)cc1. The Kier molecular flexibility index (Phi) is 8.36. The second-order valence-corrected chi connectivity index (χ2v) is 11.1. The Hall–Kier alpha value is -3.45. The fourth-order valence-electron chi connectivity index (χ4n) is 4.43. The number of nitrogens with one attached hydrogen (secondary N) is 1. The smallest absolute Gasteiger partial charge is 0.410 e. The predicted molar refractivity (Wildman–Crippen MR) is 152 cm³/mol. The highest BCUT2D eigenvalue weighted by molar-refractivity contribution is 6.30. The zero-order valence-electron chi connectivity index (χ0n) is 22.7. The quantitative estimate of drug-likeness (QED) is 0.474. The summed E-state index contributed by atoms with van der Waals surface area (Å²) in [6.07, 6.45) is 5.99. The number of halogens is 2. The highest BCUT2D eigenvalue weighted by Gasteiger charge is 2.29. The van der Waals surface area contributed by atoms with E-state index < -0.39 is 5.60 Å². The van der Waals surface area contributed by atoms with Crippen molar-refractivity contribution in [2.75, 3.05) is 32.7 Å². The number of rotatable bonds is 5. The van der Waals surface area contributed by atoms with E-state index >= 15 is 0 Å². The summed E-state index contributed by atoms with van der Waals surface area (Å²) >= 11 is 6.01. The normalized spacial score (nSPS) is 16.6. The van der Waals surface area contributed by atoms with Crippen molar-refractivity contribution >= 4 is 29.5 Å². The van der Waals surface area contributed by atoms with Gasteiger partial charge in [-0.15, -0.1) is 0 Å². The summed E-state index contributed by atoms with van der Waals surface area (Å²) in [4.78, 5) is 16.6. The van der Waals surface area contributed by atoms with Crippen molar-refractivity contribution in [3.8, 4) is 0 Å². The van der Waals surface area contributed by atoms with E-state index in [9.17, 15) is 9.18 Å². The van der Waals surface area contributed by atoms with E-state index in [-0.39, 0.29) is 11.9 Å². The summed E-state index contributed by atoms with van der Waals surface area (Å²) in [6.45, 7) is 12.6. The lowest BCUT2D eigenvalue weighted by atomic mass is 10.1. The lowest BCUT2D eigenvalue weighted by Crippen LogP contribution is -2.51. The Bertz CT molecular complexity index is 1260. The number of hydrogen-bond donors (Lipinski definition) is 1. The van der Waals surface area contributed by atoms with Crippen LogP contribution in [-0.2, 0) is 4.74 Å². The zero-order chi connectivity index (χ0) is 27.4. The van der Waals surface area contributed by atoms with E-state index in [1.807, 2.05) is 51.1 Å². The number of carbonyl (C=O) groups excluding carboxylic acids is 1. The van der Waals surface area contributed by atoms with E-state index in [0.29, 0.717) is 43.3 Å². The van der Waals surface area contributed by atoms with Gasteiger partial charge in [0.15, 0.2) is 0 Å².